The number of amides is 1. The predicted octanol–water partition coefficient (Wildman–Crippen LogP) is 4.92. The van der Waals surface area contributed by atoms with Gasteiger partial charge in [0.2, 0.25) is 5.43 Å². The Kier molecular flexibility index (Phi) is 6.51. The molecule has 1 fully saturated rings. The standard InChI is InChI=1S/C31H25F2N3O4S/c32-23-13-21(20-12-19-8-4-5-9-26(19)41-17-22(20)28(23)33)24-14-25(37)30(40-15-18-6-2-1-3-7-18)29-31(38)35-10-11-39-16-27(35)34-36(24)29/h1-9,13-14,27,34H,10-12,15-17H2/t27-/m0/s1. The number of halogens is 2. The Bertz CT molecular complexity index is 1740. The normalized spacial score (nSPS) is 17.5. The van der Waals surface area contributed by atoms with Crippen LogP contribution in [0.5, 0.6) is 5.75 Å². The van der Waals surface area contributed by atoms with Crippen LogP contribution in [0.4, 0.5) is 8.78 Å². The van der Waals surface area contributed by atoms with Crippen LogP contribution in [0.1, 0.15) is 32.7 Å². The molecule has 0 saturated carbocycles. The molecule has 4 heterocycles. The molecule has 1 aromatic heterocycles. The summed E-state index contributed by atoms with van der Waals surface area (Å²) < 4.78 is 43.5. The number of aromatic nitrogens is 1. The van der Waals surface area contributed by atoms with Crippen molar-refractivity contribution in [2.24, 2.45) is 0 Å². The molecule has 7 rings (SSSR count). The third-order valence-corrected chi connectivity index (χ3v) is 8.83. The number of ether oxygens (including phenoxy) is 2. The molecule has 41 heavy (non-hydrogen) atoms. The number of hydrogen-bond donors (Lipinski definition) is 1. The predicted molar refractivity (Wildman–Crippen MR) is 151 cm³/mol. The van der Waals surface area contributed by atoms with Crippen molar-refractivity contribution in [2.75, 3.05) is 25.2 Å². The number of benzene rings is 3. The van der Waals surface area contributed by atoms with E-state index in [0.717, 1.165) is 22.1 Å². The minimum Gasteiger partial charge on any atom is -0.482 e. The van der Waals surface area contributed by atoms with Crippen LogP contribution < -0.4 is 15.6 Å². The van der Waals surface area contributed by atoms with E-state index in [4.69, 9.17) is 9.47 Å². The molecule has 4 aromatic rings. The summed E-state index contributed by atoms with van der Waals surface area (Å²) in [5, 5.41) is 0. The van der Waals surface area contributed by atoms with E-state index in [2.05, 4.69) is 5.43 Å². The summed E-state index contributed by atoms with van der Waals surface area (Å²) in [6, 6.07) is 19.5. The second kappa shape index (κ2) is 10.4. The first-order valence-corrected chi connectivity index (χ1v) is 14.3. The molecule has 3 aliphatic heterocycles. The molecule has 0 bridgehead atoms. The first kappa shape index (κ1) is 25.8. The maximum Gasteiger partial charge on any atom is 0.278 e. The zero-order chi connectivity index (χ0) is 28.1. The lowest BCUT2D eigenvalue weighted by atomic mass is 9.92. The van der Waals surface area contributed by atoms with Crippen LogP contribution in [-0.2, 0) is 23.5 Å². The van der Waals surface area contributed by atoms with E-state index in [1.807, 2.05) is 54.6 Å². The molecule has 3 aromatic carbocycles. The summed E-state index contributed by atoms with van der Waals surface area (Å²) in [4.78, 5) is 30.2. The Morgan fingerprint density at radius 3 is 2.68 bits per heavy atom. The van der Waals surface area contributed by atoms with Crippen molar-refractivity contribution in [3.05, 3.63) is 117 Å². The monoisotopic (exact) mass is 573 g/mol. The van der Waals surface area contributed by atoms with E-state index in [1.165, 1.54) is 22.5 Å². The van der Waals surface area contributed by atoms with E-state index >= 15 is 8.78 Å². The Balaban J connectivity index is 1.43. The van der Waals surface area contributed by atoms with Crippen molar-refractivity contribution in [1.29, 1.82) is 0 Å². The van der Waals surface area contributed by atoms with Crippen LogP contribution in [-0.4, -0.2) is 41.4 Å². The number of pyridine rings is 1. The summed E-state index contributed by atoms with van der Waals surface area (Å²) in [5.74, 6) is -2.18. The molecular weight excluding hydrogens is 548 g/mol. The summed E-state index contributed by atoms with van der Waals surface area (Å²) >= 11 is 1.45. The molecule has 1 amide bonds. The SMILES string of the molecule is O=C1c2c(OCc3ccccc3)c(=O)cc(-c3cc(F)c(F)c4c3Cc3ccccc3SC4)n2N[C@@H]2COCCN12. The number of morpholine rings is 1. The number of rotatable bonds is 4. The van der Waals surface area contributed by atoms with E-state index in [1.54, 1.807) is 4.90 Å². The number of carbonyl (C=O) groups is 1. The molecule has 3 aliphatic rings. The Morgan fingerprint density at radius 1 is 1.02 bits per heavy atom. The van der Waals surface area contributed by atoms with Crippen molar-refractivity contribution >= 4 is 17.7 Å². The highest BCUT2D eigenvalue weighted by Gasteiger charge is 2.39. The van der Waals surface area contributed by atoms with E-state index in [9.17, 15) is 9.59 Å². The van der Waals surface area contributed by atoms with Gasteiger partial charge >= 0.3 is 0 Å². The largest absolute Gasteiger partial charge is 0.482 e. The number of fused-ring (bicyclic) bond motifs is 4. The van der Waals surface area contributed by atoms with Crippen LogP contribution in [0.3, 0.4) is 0 Å². The molecule has 1 N–H and O–H groups in total. The van der Waals surface area contributed by atoms with Crippen LogP contribution in [0.2, 0.25) is 0 Å². The zero-order valence-corrected chi connectivity index (χ0v) is 22.7. The summed E-state index contributed by atoms with van der Waals surface area (Å²) in [5.41, 5.74) is 6.02. The van der Waals surface area contributed by atoms with Crippen LogP contribution in [0.25, 0.3) is 11.3 Å². The van der Waals surface area contributed by atoms with Gasteiger partial charge in [-0.1, -0.05) is 48.5 Å². The molecule has 0 aliphatic carbocycles. The number of thioether (sulfide) groups is 1. The lowest BCUT2D eigenvalue weighted by Gasteiger charge is -2.42. The number of nitrogens with zero attached hydrogens (tertiary/aromatic N) is 2. The van der Waals surface area contributed by atoms with Gasteiger partial charge in [0.15, 0.2) is 23.1 Å². The molecule has 208 valence electrons. The maximum absolute atomic E-state index is 15.2. The van der Waals surface area contributed by atoms with Crippen molar-refractivity contribution in [1.82, 2.24) is 9.58 Å². The second-order valence-electron chi connectivity index (χ2n) is 10.1. The molecule has 0 spiro atoms. The van der Waals surface area contributed by atoms with Crippen molar-refractivity contribution in [3.63, 3.8) is 0 Å². The molecule has 1 atom stereocenters. The molecule has 0 radical (unpaired) electrons. The third kappa shape index (κ3) is 4.47. The third-order valence-electron chi connectivity index (χ3n) is 7.69. The average molecular weight is 574 g/mol. The van der Waals surface area contributed by atoms with Gasteiger partial charge < -0.3 is 19.8 Å². The first-order valence-electron chi connectivity index (χ1n) is 13.3. The Labute approximate surface area is 238 Å². The number of carbonyl (C=O) groups excluding carboxylic acids is 1. The Hall–Kier alpha value is -4.15. The lowest BCUT2D eigenvalue weighted by molar-refractivity contribution is -0.00312. The van der Waals surface area contributed by atoms with Gasteiger partial charge in [-0.05, 0) is 35.2 Å². The first-order chi connectivity index (χ1) is 20.0. The van der Waals surface area contributed by atoms with E-state index < -0.39 is 29.1 Å². The van der Waals surface area contributed by atoms with Crippen molar-refractivity contribution < 1.29 is 23.0 Å². The smallest absolute Gasteiger partial charge is 0.278 e. The molecule has 0 unspecified atom stereocenters. The minimum atomic E-state index is -1.01. The topological polar surface area (TPSA) is 72.8 Å². The summed E-state index contributed by atoms with van der Waals surface area (Å²) in [7, 11) is 0. The van der Waals surface area contributed by atoms with E-state index in [-0.39, 0.29) is 41.7 Å². The van der Waals surface area contributed by atoms with Gasteiger partial charge in [-0.2, -0.15) is 0 Å². The van der Waals surface area contributed by atoms with E-state index in [0.29, 0.717) is 30.7 Å². The van der Waals surface area contributed by atoms with Gasteiger partial charge in [0, 0.05) is 34.4 Å². The molecule has 10 heteroatoms. The highest BCUT2D eigenvalue weighted by Crippen LogP contribution is 2.40. The van der Waals surface area contributed by atoms with Crippen LogP contribution in [0, 0.1) is 11.6 Å². The average Bonchev–Trinajstić information content (AvgIpc) is 3.19. The van der Waals surface area contributed by atoms with Crippen LogP contribution >= 0.6 is 11.8 Å². The fourth-order valence-corrected chi connectivity index (χ4v) is 6.76. The minimum absolute atomic E-state index is 0.0171. The van der Waals surface area contributed by atoms with Crippen molar-refractivity contribution in [3.8, 4) is 17.0 Å². The van der Waals surface area contributed by atoms with Gasteiger partial charge in [-0.25, -0.2) is 13.5 Å². The fraction of sp³-hybridized carbons (Fsp3) is 0.226. The van der Waals surface area contributed by atoms with Gasteiger partial charge in [0.25, 0.3) is 5.91 Å². The number of nitrogens with one attached hydrogen (secondary N) is 1. The molecular formula is C31H25F2N3O4S. The molecule has 7 nitrogen and oxygen atoms in total. The zero-order valence-electron chi connectivity index (χ0n) is 21.9. The quantitative estimate of drug-likeness (QED) is 0.374. The highest BCUT2D eigenvalue weighted by molar-refractivity contribution is 7.98. The van der Waals surface area contributed by atoms with Crippen molar-refractivity contribution in [2.45, 2.75) is 29.8 Å². The summed E-state index contributed by atoms with van der Waals surface area (Å²) in [6.45, 7) is 1.01. The maximum atomic E-state index is 15.2. The highest BCUT2D eigenvalue weighted by atomic mass is 32.2. The van der Waals surface area contributed by atoms with Gasteiger partial charge in [-0.15, -0.1) is 11.8 Å². The van der Waals surface area contributed by atoms with Gasteiger partial charge in [-0.3, -0.25) is 9.59 Å². The lowest BCUT2D eigenvalue weighted by Crippen LogP contribution is -2.59. The van der Waals surface area contributed by atoms with Gasteiger partial charge in [0.05, 0.1) is 18.9 Å². The Morgan fingerprint density at radius 2 is 1.83 bits per heavy atom. The number of hydrogen-bond acceptors (Lipinski definition) is 6. The summed E-state index contributed by atoms with van der Waals surface area (Å²) in [6.07, 6.45) is -0.167. The fourth-order valence-electron chi connectivity index (χ4n) is 5.65. The van der Waals surface area contributed by atoms with Gasteiger partial charge in [0.1, 0.15) is 12.8 Å². The second-order valence-corrected chi connectivity index (χ2v) is 11.2. The molecule has 1 saturated heterocycles. The van der Waals surface area contributed by atoms with Crippen LogP contribution in [0.15, 0.2) is 76.4 Å².